The number of rotatable bonds is 2. The van der Waals surface area contributed by atoms with Gasteiger partial charge in [-0.25, -0.2) is 4.98 Å². The Balaban J connectivity index is 0.000000159. The summed E-state index contributed by atoms with van der Waals surface area (Å²) in [5.41, 5.74) is 1.15. The Hall–Kier alpha value is -3.29. The monoisotopic (exact) mass is 286 g/mol. The normalized spacial score (nSPS) is 9.71. The second-order valence-electron chi connectivity index (χ2n) is 3.92. The van der Waals surface area contributed by atoms with Gasteiger partial charge in [0.25, 0.3) is 0 Å². The van der Waals surface area contributed by atoms with Crippen LogP contribution < -0.4 is 0 Å². The summed E-state index contributed by atoms with van der Waals surface area (Å²) < 4.78 is 0. The van der Waals surface area contributed by atoms with E-state index in [1.165, 1.54) is 12.1 Å². The minimum Gasteiger partial charge on any atom is -0.345 e. The molecule has 0 unspecified atom stereocenters. The summed E-state index contributed by atoms with van der Waals surface area (Å²) in [7, 11) is 0. The summed E-state index contributed by atoms with van der Waals surface area (Å²) in [5.74, 6) is 0. The maximum atomic E-state index is 10.2. The lowest BCUT2D eigenvalue weighted by atomic mass is 10.3. The molecule has 8 heteroatoms. The van der Waals surface area contributed by atoms with Crippen molar-refractivity contribution < 1.29 is 9.85 Å². The zero-order valence-electron chi connectivity index (χ0n) is 10.7. The van der Waals surface area contributed by atoms with Crippen LogP contribution in [0.3, 0.4) is 0 Å². The van der Waals surface area contributed by atoms with Crippen LogP contribution in [-0.2, 0) is 0 Å². The topological polar surface area (TPSA) is 115 Å². The number of benzene rings is 2. The highest BCUT2D eigenvalue weighted by Gasteiger charge is 2.21. The molecule has 0 aliphatic heterocycles. The summed E-state index contributed by atoms with van der Waals surface area (Å²) in [4.78, 5) is 26.0. The van der Waals surface area contributed by atoms with Crippen LogP contribution in [0, 0.1) is 20.2 Å². The van der Waals surface area contributed by atoms with Crippen LogP contribution in [0.2, 0.25) is 0 Å². The average Bonchev–Trinajstić information content (AvgIpc) is 2.96. The van der Waals surface area contributed by atoms with Crippen LogP contribution in [0.25, 0.3) is 11.0 Å². The molecule has 1 aromatic heterocycles. The van der Waals surface area contributed by atoms with Crippen molar-refractivity contribution in [3.8, 4) is 0 Å². The van der Waals surface area contributed by atoms with Gasteiger partial charge >= 0.3 is 11.4 Å². The van der Waals surface area contributed by atoms with Gasteiger partial charge in [-0.05, 0) is 12.1 Å². The molecule has 0 fully saturated rings. The Morgan fingerprint density at radius 1 is 0.857 bits per heavy atom. The van der Waals surface area contributed by atoms with E-state index in [4.69, 9.17) is 0 Å². The number of aromatic amines is 1. The molecule has 106 valence electrons. The highest BCUT2D eigenvalue weighted by molar-refractivity contribution is 5.73. The van der Waals surface area contributed by atoms with Crippen LogP contribution in [0.4, 0.5) is 11.4 Å². The molecule has 21 heavy (non-hydrogen) atoms. The third-order valence-corrected chi connectivity index (χ3v) is 2.60. The number of imidazole rings is 1. The van der Waals surface area contributed by atoms with Crippen molar-refractivity contribution in [2.75, 3.05) is 0 Å². The number of nitrogens with zero attached hydrogens (tertiary/aromatic N) is 3. The number of para-hydroxylation sites is 4. The summed E-state index contributed by atoms with van der Waals surface area (Å²) in [5, 5.41) is 20.5. The van der Waals surface area contributed by atoms with E-state index >= 15 is 0 Å². The standard InChI is InChI=1S/C7H6N2.C6H4N2O4/c1-2-4-7-6(3-1)8-5-9-7;9-7(10)5-3-1-2-4-6(5)8(11)12/h1-5H,(H,8,9);1-4H. The van der Waals surface area contributed by atoms with E-state index < -0.39 is 21.2 Å². The van der Waals surface area contributed by atoms with Gasteiger partial charge in [-0.1, -0.05) is 24.3 Å². The maximum absolute atomic E-state index is 10.2. The number of hydrogen-bond acceptors (Lipinski definition) is 5. The first-order valence-corrected chi connectivity index (χ1v) is 5.85. The number of H-pyrrole nitrogens is 1. The molecule has 8 nitrogen and oxygen atoms in total. The first-order chi connectivity index (χ1) is 10.1. The van der Waals surface area contributed by atoms with Crippen LogP contribution >= 0.6 is 0 Å². The van der Waals surface area contributed by atoms with E-state index in [0.717, 1.165) is 23.2 Å². The molecule has 1 N–H and O–H groups in total. The molecular weight excluding hydrogens is 276 g/mol. The SMILES string of the molecule is O=[N+]([O-])c1ccccc1[N+](=O)[O-].c1ccc2[nH]cnc2c1. The molecule has 0 saturated heterocycles. The fraction of sp³-hybridized carbons (Fsp3) is 0. The average molecular weight is 286 g/mol. The summed E-state index contributed by atoms with van der Waals surface area (Å²) in [6.45, 7) is 0. The van der Waals surface area contributed by atoms with Gasteiger partial charge in [-0.2, -0.15) is 0 Å². The van der Waals surface area contributed by atoms with Gasteiger partial charge in [0.1, 0.15) is 0 Å². The van der Waals surface area contributed by atoms with Gasteiger partial charge < -0.3 is 4.98 Å². The lowest BCUT2D eigenvalue weighted by molar-refractivity contribution is -0.422. The Bertz CT molecular complexity index is 721. The predicted molar refractivity (Wildman–Crippen MR) is 75.8 cm³/mol. The number of fused-ring (bicyclic) bond motifs is 1. The third kappa shape index (κ3) is 3.38. The summed E-state index contributed by atoms with van der Waals surface area (Å²) in [6, 6.07) is 12.9. The van der Waals surface area contributed by atoms with Gasteiger partial charge in [-0.15, -0.1) is 0 Å². The Labute approximate surface area is 118 Å². The zero-order chi connectivity index (χ0) is 15.2. The molecule has 0 bridgehead atoms. The first-order valence-electron chi connectivity index (χ1n) is 5.85. The van der Waals surface area contributed by atoms with Crippen LogP contribution in [0.5, 0.6) is 0 Å². The van der Waals surface area contributed by atoms with E-state index in [2.05, 4.69) is 9.97 Å². The number of aromatic nitrogens is 2. The molecule has 0 amide bonds. The van der Waals surface area contributed by atoms with Crippen molar-refractivity contribution in [3.63, 3.8) is 0 Å². The molecule has 1 heterocycles. The molecule has 0 spiro atoms. The minimum atomic E-state index is -0.780. The van der Waals surface area contributed by atoms with E-state index in [0.29, 0.717) is 0 Å². The van der Waals surface area contributed by atoms with Crippen molar-refractivity contribution >= 4 is 22.4 Å². The summed E-state index contributed by atoms with van der Waals surface area (Å²) in [6.07, 6.45) is 1.70. The van der Waals surface area contributed by atoms with Crippen molar-refractivity contribution in [1.82, 2.24) is 9.97 Å². The number of nitro benzene ring substituents is 2. The molecule has 0 aliphatic rings. The van der Waals surface area contributed by atoms with E-state index in [9.17, 15) is 20.2 Å². The molecule has 0 radical (unpaired) electrons. The Morgan fingerprint density at radius 2 is 1.38 bits per heavy atom. The molecule has 0 atom stereocenters. The van der Waals surface area contributed by atoms with Gasteiger partial charge in [0, 0.05) is 12.1 Å². The van der Waals surface area contributed by atoms with Gasteiger partial charge in [0.05, 0.1) is 27.2 Å². The Kier molecular flexibility index (Phi) is 4.20. The number of nitro groups is 2. The maximum Gasteiger partial charge on any atom is 0.346 e. The van der Waals surface area contributed by atoms with Gasteiger partial charge in [-0.3, -0.25) is 20.2 Å². The molecule has 0 saturated carbocycles. The smallest absolute Gasteiger partial charge is 0.345 e. The quantitative estimate of drug-likeness (QED) is 0.574. The second kappa shape index (κ2) is 6.24. The highest BCUT2D eigenvalue weighted by Crippen LogP contribution is 2.24. The van der Waals surface area contributed by atoms with Crippen molar-refractivity contribution in [1.29, 1.82) is 0 Å². The largest absolute Gasteiger partial charge is 0.346 e. The van der Waals surface area contributed by atoms with Gasteiger partial charge in [0.2, 0.25) is 0 Å². The predicted octanol–water partition coefficient (Wildman–Crippen LogP) is 3.07. The lowest BCUT2D eigenvalue weighted by Gasteiger charge is -1.91. The highest BCUT2D eigenvalue weighted by atomic mass is 16.6. The molecular formula is C13H10N4O4. The second-order valence-corrected chi connectivity index (χ2v) is 3.92. The fourth-order valence-corrected chi connectivity index (χ4v) is 1.65. The van der Waals surface area contributed by atoms with Crippen molar-refractivity contribution in [2.24, 2.45) is 0 Å². The Morgan fingerprint density at radius 3 is 1.90 bits per heavy atom. The molecule has 0 aliphatic carbocycles. The van der Waals surface area contributed by atoms with E-state index in [1.807, 2.05) is 24.3 Å². The van der Waals surface area contributed by atoms with Gasteiger partial charge in [0.15, 0.2) is 0 Å². The minimum absolute atomic E-state index is 0.484. The zero-order valence-corrected chi connectivity index (χ0v) is 10.7. The molecule has 2 aromatic carbocycles. The van der Waals surface area contributed by atoms with E-state index in [-0.39, 0.29) is 0 Å². The molecule has 3 aromatic rings. The van der Waals surface area contributed by atoms with Crippen molar-refractivity contribution in [2.45, 2.75) is 0 Å². The van der Waals surface area contributed by atoms with Crippen LogP contribution in [-0.4, -0.2) is 19.8 Å². The number of hydrogen-bond donors (Lipinski definition) is 1. The first kappa shape index (κ1) is 14.1. The van der Waals surface area contributed by atoms with Crippen LogP contribution in [0.15, 0.2) is 54.9 Å². The van der Waals surface area contributed by atoms with E-state index in [1.54, 1.807) is 6.33 Å². The molecule has 3 rings (SSSR count). The fourth-order valence-electron chi connectivity index (χ4n) is 1.65. The summed E-state index contributed by atoms with van der Waals surface area (Å²) >= 11 is 0. The van der Waals surface area contributed by atoms with Crippen molar-refractivity contribution in [3.05, 3.63) is 75.1 Å². The number of nitrogens with one attached hydrogen (secondary N) is 1. The lowest BCUT2D eigenvalue weighted by Crippen LogP contribution is -1.95. The third-order valence-electron chi connectivity index (χ3n) is 2.60. The van der Waals surface area contributed by atoms with Crippen LogP contribution in [0.1, 0.15) is 0 Å².